The van der Waals surface area contributed by atoms with Crippen LogP contribution in [0.1, 0.15) is 13.3 Å². The molecule has 2 rings (SSSR count). The quantitative estimate of drug-likeness (QED) is 0.749. The SMILES string of the molecule is CCCOc1nc(NC)nc(NCC2COCCO2)n1. The van der Waals surface area contributed by atoms with Crippen LogP contribution in [-0.4, -0.2) is 61.1 Å². The van der Waals surface area contributed by atoms with Crippen LogP contribution in [0.15, 0.2) is 0 Å². The summed E-state index contributed by atoms with van der Waals surface area (Å²) in [4.78, 5) is 12.6. The predicted octanol–water partition coefficient (Wildman–Crippen LogP) is 0.529. The lowest BCUT2D eigenvalue weighted by molar-refractivity contribution is -0.0819. The minimum Gasteiger partial charge on any atom is -0.463 e. The normalized spacial score (nSPS) is 18.6. The summed E-state index contributed by atoms with van der Waals surface area (Å²) in [5, 5.41) is 6.00. The van der Waals surface area contributed by atoms with Crippen molar-refractivity contribution < 1.29 is 14.2 Å². The Morgan fingerprint density at radius 1 is 1.25 bits per heavy atom. The molecule has 1 fully saturated rings. The topological polar surface area (TPSA) is 90.4 Å². The Labute approximate surface area is 118 Å². The highest BCUT2D eigenvalue weighted by molar-refractivity contribution is 5.35. The zero-order valence-electron chi connectivity index (χ0n) is 11.9. The van der Waals surface area contributed by atoms with E-state index in [0.717, 1.165) is 6.42 Å². The molecule has 0 aliphatic carbocycles. The Balaban J connectivity index is 1.94. The van der Waals surface area contributed by atoms with Crippen molar-refractivity contribution >= 4 is 11.9 Å². The van der Waals surface area contributed by atoms with Crippen molar-refractivity contribution in [1.29, 1.82) is 0 Å². The van der Waals surface area contributed by atoms with E-state index in [-0.39, 0.29) is 6.10 Å². The Hall–Kier alpha value is -1.67. The van der Waals surface area contributed by atoms with Gasteiger partial charge in [-0.2, -0.15) is 15.0 Å². The lowest BCUT2D eigenvalue weighted by Gasteiger charge is -2.23. The van der Waals surface area contributed by atoms with Crippen molar-refractivity contribution in [2.24, 2.45) is 0 Å². The van der Waals surface area contributed by atoms with Gasteiger partial charge in [0.1, 0.15) is 0 Å². The summed E-state index contributed by atoms with van der Waals surface area (Å²) in [6.45, 7) is 5.04. The van der Waals surface area contributed by atoms with Gasteiger partial charge in [0.15, 0.2) is 0 Å². The summed E-state index contributed by atoms with van der Waals surface area (Å²) in [7, 11) is 1.75. The molecule has 2 heterocycles. The van der Waals surface area contributed by atoms with Gasteiger partial charge in [-0.3, -0.25) is 0 Å². The molecule has 1 aliphatic heterocycles. The molecule has 20 heavy (non-hydrogen) atoms. The van der Waals surface area contributed by atoms with E-state index in [1.165, 1.54) is 0 Å². The molecular formula is C12H21N5O3. The van der Waals surface area contributed by atoms with E-state index >= 15 is 0 Å². The van der Waals surface area contributed by atoms with E-state index in [1.54, 1.807) is 7.05 Å². The number of hydrogen-bond acceptors (Lipinski definition) is 8. The number of nitrogens with zero attached hydrogens (tertiary/aromatic N) is 3. The van der Waals surface area contributed by atoms with E-state index in [0.29, 0.717) is 50.9 Å². The molecule has 0 radical (unpaired) electrons. The first-order valence-electron chi connectivity index (χ1n) is 6.81. The molecule has 0 bridgehead atoms. The summed E-state index contributed by atoms with van der Waals surface area (Å²) in [6.07, 6.45) is 0.912. The number of aromatic nitrogens is 3. The van der Waals surface area contributed by atoms with Crippen LogP contribution in [0.25, 0.3) is 0 Å². The Morgan fingerprint density at radius 2 is 2.10 bits per heavy atom. The summed E-state index contributed by atoms with van der Waals surface area (Å²) >= 11 is 0. The van der Waals surface area contributed by atoms with Crippen molar-refractivity contribution in [2.75, 3.05) is 50.7 Å². The van der Waals surface area contributed by atoms with Gasteiger partial charge in [0.25, 0.3) is 0 Å². The molecule has 1 aliphatic rings. The third-order valence-electron chi connectivity index (χ3n) is 2.65. The van der Waals surface area contributed by atoms with E-state index in [4.69, 9.17) is 14.2 Å². The molecule has 1 atom stereocenters. The van der Waals surface area contributed by atoms with E-state index in [9.17, 15) is 0 Å². The summed E-state index contributed by atoms with van der Waals surface area (Å²) in [5.41, 5.74) is 0. The van der Waals surface area contributed by atoms with Gasteiger partial charge in [0.05, 0.1) is 32.5 Å². The smallest absolute Gasteiger partial charge is 0.323 e. The lowest BCUT2D eigenvalue weighted by atomic mass is 10.3. The highest BCUT2D eigenvalue weighted by Gasteiger charge is 2.15. The molecule has 1 aromatic heterocycles. The van der Waals surface area contributed by atoms with Crippen LogP contribution in [0, 0.1) is 0 Å². The summed E-state index contributed by atoms with van der Waals surface area (Å²) < 4.78 is 16.3. The number of anilines is 2. The van der Waals surface area contributed by atoms with Crippen LogP contribution in [0.3, 0.4) is 0 Å². The number of nitrogens with one attached hydrogen (secondary N) is 2. The first-order valence-corrected chi connectivity index (χ1v) is 6.81. The Bertz CT molecular complexity index is 412. The van der Waals surface area contributed by atoms with E-state index in [2.05, 4.69) is 25.6 Å². The fourth-order valence-corrected chi connectivity index (χ4v) is 1.66. The maximum absolute atomic E-state index is 5.55. The molecule has 112 valence electrons. The maximum Gasteiger partial charge on any atom is 0.323 e. The highest BCUT2D eigenvalue weighted by atomic mass is 16.6. The van der Waals surface area contributed by atoms with Crippen LogP contribution >= 0.6 is 0 Å². The van der Waals surface area contributed by atoms with Crippen LogP contribution in [0.5, 0.6) is 6.01 Å². The van der Waals surface area contributed by atoms with Crippen molar-refractivity contribution in [3.63, 3.8) is 0 Å². The van der Waals surface area contributed by atoms with Gasteiger partial charge < -0.3 is 24.8 Å². The third-order valence-corrected chi connectivity index (χ3v) is 2.65. The highest BCUT2D eigenvalue weighted by Crippen LogP contribution is 2.11. The van der Waals surface area contributed by atoms with Gasteiger partial charge in [-0.15, -0.1) is 0 Å². The van der Waals surface area contributed by atoms with Gasteiger partial charge >= 0.3 is 6.01 Å². The molecule has 8 heteroatoms. The average molecular weight is 283 g/mol. The zero-order chi connectivity index (χ0) is 14.2. The Kier molecular flexibility index (Phi) is 5.75. The largest absolute Gasteiger partial charge is 0.463 e. The molecule has 0 spiro atoms. The van der Waals surface area contributed by atoms with Gasteiger partial charge in [-0.1, -0.05) is 6.92 Å². The maximum atomic E-state index is 5.55. The first kappa shape index (κ1) is 14.7. The molecule has 0 saturated carbocycles. The van der Waals surface area contributed by atoms with Gasteiger partial charge in [-0.05, 0) is 6.42 Å². The van der Waals surface area contributed by atoms with Gasteiger partial charge in [-0.25, -0.2) is 0 Å². The summed E-state index contributed by atoms with van der Waals surface area (Å²) in [5.74, 6) is 0.930. The fraction of sp³-hybridized carbons (Fsp3) is 0.750. The van der Waals surface area contributed by atoms with Crippen molar-refractivity contribution in [1.82, 2.24) is 15.0 Å². The molecule has 0 amide bonds. The minimum atomic E-state index is 0.0126. The van der Waals surface area contributed by atoms with Crippen molar-refractivity contribution in [3.8, 4) is 6.01 Å². The van der Waals surface area contributed by atoms with E-state index < -0.39 is 0 Å². The van der Waals surface area contributed by atoms with Gasteiger partial charge in [0.2, 0.25) is 11.9 Å². The van der Waals surface area contributed by atoms with Crippen molar-refractivity contribution in [2.45, 2.75) is 19.4 Å². The number of ether oxygens (including phenoxy) is 3. The second-order valence-corrected chi connectivity index (χ2v) is 4.31. The van der Waals surface area contributed by atoms with Crippen LogP contribution in [0.4, 0.5) is 11.9 Å². The molecule has 8 nitrogen and oxygen atoms in total. The molecular weight excluding hydrogens is 262 g/mol. The molecule has 2 N–H and O–H groups in total. The third kappa shape index (κ3) is 4.46. The molecule has 1 unspecified atom stereocenters. The molecule has 1 aromatic rings. The van der Waals surface area contributed by atoms with Crippen LogP contribution in [-0.2, 0) is 9.47 Å². The second-order valence-electron chi connectivity index (χ2n) is 4.31. The zero-order valence-corrected chi connectivity index (χ0v) is 11.9. The second kappa shape index (κ2) is 7.81. The lowest BCUT2D eigenvalue weighted by Crippen LogP contribution is -2.34. The average Bonchev–Trinajstić information content (AvgIpc) is 2.51. The van der Waals surface area contributed by atoms with Gasteiger partial charge in [0, 0.05) is 13.6 Å². The first-order chi connectivity index (χ1) is 9.81. The summed E-state index contributed by atoms with van der Waals surface area (Å²) in [6, 6.07) is 0.314. The molecule has 0 aromatic carbocycles. The predicted molar refractivity (Wildman–Crippen MR) is 74.2 cm³/mol. The van der Waals surface area contributed by atoms with Crippen LogP contribution < -0.4 is 15.4 Å². The minimum absolute atomic E-state index is 0.0126. The number of rotatable bonds is 7. The Morgan fingerprint density at radius 3 is 2.80 bits per heavy atom. The molecule has 1 saturated heterocycles. The number of hydrogen-bond donors (Lipinski definition) is 2. The monoisotopic (exact) mass is 283 g/mol. The fourth-order valence-electron chi connectivity index (χ4n) is 1.66. The standard InChI is InChI=1S/C12H21N5O3/c1-3-4-20-12-16-10(13-2)15-11(17-12)14-7-9-8-18-5-6-19-9/h9H,3-8H2,1-2H3,(H2,13,14,15,16,17). The van der Waals surface area contributed by atoms with Crippen molar-refractivity contribution in [3.05, 3.63) is 0 Å². The van der Waals surface area contributed by atoms with E-state index in [1.807, 2.05) is 6.92 Å². The van der Waals surface area contributed by atoms with Crippen LogP contribution in [0.2, 0.25) is 0 Å².